The number of hydrogen-bond donors (Lipinski definition) is 2. The molecule has 0 atom stereocenters. The molecular weight excluding hydrogens is 443 g/mol. The molecule has 0 unspecified atom stereocenters. The Morgan fingerprint density at radius 3 is 2.72 bits per heavy atom. The molecule has 0 aliphatic rings. The van der Waals surface area contributed by atoms with Gasteiger partial charge < -0.3 is 0 Å². The lowest BCUT2D eigenvalue weighted by Crippen LogP contribution is -2.11. The largest absolute Gasteiger partial charge is 0.446 e. The Labute approximate surface area is 176 Å². The van der Waals surface area contributed by atoms with Crippen molar-refractivity contribution in [2.45, 2.75) is 23.9 Å². The summed E-state index contributed by atoms with van der Waals surface area (Å²) in [4.78, 5) is 17.5. The van der Waals surface area contributed by atoms with E-state index < -0.39 is 11.4 Å². The van der Waals surface area contributed by atoms with E-state index in [1.165, 1.54) is 35.6 Å². The summed E-state index contributed by atoms with van der Waals surface area (Å²) in [6.07, 6.45) is 1.69. The standard InChI is InChI=1S/C17H14F3N5OS3/c1-3-8-25-13(23-24-16(25)27)12-9(2)21-15(28-12)22-14(26)10-4-6-11(7-5-10)29-17(18,19)20/h3-7H,1,8H2,2H3,(H,24,27)(H,21,22,26). The lowest BCUT2D eigenvalue weighted by Gasteiger charge is -2.06. The predicted octanol–water partition coefficient (Wildman–Crippen LogP) is 5.42. The van der Waals surface area contributed by atoms with Crippen LogP contribution >= 0.6 is 35.3 Å². The van der Waals surface area contributed by atoms with Crippen LogP contribution in [0.3, 0.4) is 0 Å². The number of rotatable bonds is 6. The Bertz CT molecular complexity index is 1100. The van der Waals surface area contributed by atoms with E-state index in [2.05, 4.69) is 27.1 Å². The summed E-state index contributed by atoms with van der Waals surface area (Å²) in [5.74, 6) is 0.109. The van der Waals surface area contributed by atoms with Crippen molar-refractivity contribution < 1.29 is 18.0 Å². The van der Waals surface area contributed by atoms with E-state index in [1.54, 1.807) is 17.6 Å². The fourth-order valence-corrected chi connectivity index (χ4v) is 4.13. The van der Waals surface area contributed by atoms with Gasteiger partial charge >= 0.3 is 5.51 Å². The second kappa shape index (κ2) is 8.51. The first-order valence-corrected chi connectivity index (χ1v) is 10.1. The molecule has 3 aromatic rings. The molecule has 6 nitrogen and oxygen atoms in total. The van der Waals surface area contributed by atoms with Crippen molar-refractivity contribution in [3.05, 3.63) is 52.9 Å². The summed E-state index contributed by atoms with van der Waals surface area (Å²) in [7, 11) is 0. The van der Waals surface area contributed by atoms with Crippen LogP contribution in [0.1, 0.15) is 16.1 Å². The number of carbonyl (C=O) groups is 1. The zero-order chi connectivity index (χ0) is 21.2. The van der Waals surface area contributed by atoms with Crippen LogP contribution in [0.2, 0.25) is 0 Å². The highest BCUT2D eigenvalue weighted by molar-refractivity contribution is 8.00. The molecule has 0 radical (unpaired) electrons. The molecule has 12 heteroatoms. The number of nitrogens with one attached hydrogen (secondary N) is 2. The van der Waals surface area contributed by atoms with Crippen LogP contribution in [0.5, 0.6) is 0 Å². The van der Waals surface area contributed by atoms with Crippen molar-refractivity contribution in [3.63, 3.8) is 0 Å². The summed E-state index contributed by atoms with van der Waals surface area (Å²) in [6, 6.07) is 5.16. The average Bonchev–Trinajstić information content (AvgIpc) is 3.17. The molecule has 0 spiro atoms. The Kier molecular flexibility index (Phi) is 6.24. The fourth-order valence-electron chi connectivity index (χ4n) is 2.42. The van der Waals surface area contributed by atoms with Crippen molar-refractivity contribution in [2.24, 2.45) is 0 Å². The molecule has 2 N–H and O–H groups in total. The Hall–Kier alpha value is -2.44. The van der Waals surface area contributed by atoms with Gasteiger partial charge in [0.05, 0.1) is 10.6 Å². The zero-order valence-electron chi connectivity index (χ0n) is 14.9. The minimum absolute atomic E-state index is 0.00598. The van der Waals surface area contributed by atoms with E-state index in [1.807, 2.05) is 0 Å². The number of anilines is 1. The highest BCUT2D eigenvalue weighted by Gasteiger charge is 2.29. The van der Waals surface area contributed by atoms with Gasteiger partial charge in [0.1, 0.15) is 0 Å². The Morgan fingerprint density at radius 1 is 1.41 bits per heavy atom. The number of alkyl halides is 3. The predicted molar refractivity (Wildman–Crippen MR) is 110 cm³/mol. The second-order valence-corrected chi connectivity index (χ2v) is 8.24. The van der Waals surface area contributed by atoms with Gasteiger partial charge in [-0.25, -0.2) is 4.98 Å². The first-order valence-electron chi connectivity index (χ1n) is 8.09. The summed E-state index contributed by atoms with van der Waals surface area (Å²) in [5, 5.41) is 9.94. The first-order chi connectivity index (χ1) is 13.7. The van der Waals surface area contributed by atoms with E-state index in [0.29, 0.717) is 28.0 Å². The Balaban J connectivity index is 1.78. The number of aromatic amines is 1. The molecule has 3 rings (SSSR count). The van der Waals surface area contributed by atoms with Crippen LogP contribution in [0.4, 0.5) is 18.3 Å². The van der Waals surface area contributed by atoms with Crippen LogP contribution in [0.15, 0.2) is 41.8 Å². The van der Waals surface area contributed by atoms with Crippen LogP contribution in [-0.2, 0) is 6.54 Å². The number of thioether (sulfide) groups is 1. The van der Waals surface area contributed by atoms with Crippen LogP contribution in [0, 0.1) is 11.7 Å². The molecule has 0 aliphatic heterocycles. The molecule has 0 saturated heterocycles. The van der Waals surface area contributed by atoms with Gasteiger partial charge in [0.15, 0.2) is 15.7 Å². The fraction of sp³-hybridized carbons (Fsp3) is 0.176. The van der Waals surface area contributed by atoms with Gasteiger partial charge in [0, 0.05) is 17.0 Å². The van der Waals surface area contributed by atoms with E-state index >= 15 is 0 Å². The number of amides is 1. The number of hydrogen-bond acceptors (Lipinski definition) is 6. The second-order valence-electron chi connectivity index (χ2n) is 5.71. The number of thiazole rings is 1. The summed E-state index contributed by atoms with van der Waals surface area (Å²) in [5.41, 5.74) is -3.50. The number of aromatic nitrogens is 4. The molecule has 1 amide bonds. The lowest BCUT2D eigenvalue weighted by atomic mass is 10.2. The van der Waals surface area contributed by atoms with E-state index in [0.717, 1.165) is 4.88 Å². The van der Waals surface area contributed by atoms with E-state index in [-0.39, 0.29) is 22.2 Å². The number of aryl methyl sites for hydroxylation is 1. The SMILES string of the molecule is C=CCn1c(-c2sc(NC(=O)c3ccc(SC(F)(F)F)cc3)nc2C)n[nH]c1=S. The van der Waals surface area contributed by atoms with Gasteiger partial charge in [-0.2, -0.15) is 18.3 Å². The third kappa shape index (κ3) is 5.14. The smallest absolute Gasteiger partial charge is 0.298 e. The highest BCUT2D eigenvalue weighted by atomic mass is 32.2. The maximum Gasteiger partial charge on any atom is 0.446 e. The topological polar surface area (TPSA) is 75.6 Å². The molecule has 2 heterocycles. The van der Waals surface area contributed by atoms with Gasteiger partial charge in [-0.15, -0.1) is 6.58 Å². The molecule has 2 aromatic heterocycles. The molecular formula is C17H14F3N5OS3. The van der Waals surface area contributed by atoms with Gasteiger partial charge in [-0.3, -0.25) is 19.8 Å². The maximum atomic E-state index is 12.4. The monoisotopic (exact) mass is 457 g/mol. The van der Waals surface area contributed by atoms with Crippen LogP contribution < -0.4 is 5.32 Å². The zero-order valence-corrected chi connectivity index (χ0v) is 17.4. The van der Waals surface area contributed by atoms with Crippen LogP contribution in [-0.4, -0.2) is 31.2 Å². The molecule has 152 valence electrons. The quantitative estimate of drug-likeness (QED) is 0.294. The summed E-state index contributed by atoms with van der Waals surface area (Å²) < 4.78 is 39.4. The summed E-state index contributed by atoms with van der Waals surface area (Å²) >= 11 is 6.19. The lowest BCUT2D eigenvalue weighted by molar-refractivity contribution is -0.0328. The van der Waals surface area contributed by atoms with Crippen molar-refractivity contribution in [2.75, 3.05) is 5.32 Å². The minimum atomic E-state index is -4.38. The highest BCUT2D eigenvalue weighted by Crippen LogP contribution is 2.37. The molecule has 0 fully saturated rings. The maximum absolute atomic E-state index is 12.4. The number of carbonyl (C=O) groups excluding carboxylic acids is 1. The number of allylic oxidation sites excluding steroid dienone is 1. The van der Waals surface area contributed by atoms with Gasteiger partial charge in [0.25, 0.3) is 5.91 Å². The van der Waals surface area contributed by atoms with Crippen LogP contribution in [0.25, 0.3) is 10.7 Å². The van der Waals surface area contributed by atoms with Crippen molar-refractivity contribution >= 4 is 46.4 Å². The van der Waals surface area contributed by atoms with E-state index in [9.17, 15) is 18.0 Å². The third-order valence-corrected chi connectivity index (χ3v) is 5.76. The van der Waals surface area contributed by atoms with Crippen molar-refractivity contribution in [3.8, 4) is 10.7 Å². The molecule has 0 bridgehead atoms. The summed E-state index contributed by atoms with van der Waals surface area (Å²) in [6.45, 7) is 5.94. The minimum Gasteiger partial charge on any atom is -0.298 e. The Morgan fingerprint density at radius 2 is 2.10 bits per heavy atom. The van der Waals surface area contributed by atoms with Crippen molar-refractivity contribution in [1.29, 1.82) is 0 Å². The molecule has 29 heavy (non-hydrogen) atoms. The first kappa shape index (κ1) is 21.3. The van der Waals surface area contributed by atoms with Gasteiger partial charge in [-0.05, 0) is 55.2 Å². The molecule has 0 aliphatic carbocycles. The van der Waals surface area contributed by atoms with Gasteiger partial charge in [-0.1, -0.05) is 17.4 Å². The third-order valence-electron chi connectivity index (χ3n) is 3.64. The number of halogens is 3. The number of benzene rings is 1. The molecule has 0 saturated carbocycles. The normalized spacial score (nSPS) is 11.4. The van der Waals surface area contributed by atoms with Crippen molar-refractivity contribution in [1.82, 2.24) is 19.7 Å². The number of nitrogens with zero attached hydrogens (tertiary/aromatic N) is 3. The number of H-pyrrole nitrogens is 1. The molecule has 1 aromatic carbocycles. The van der Waals surface area contributed by atoms with Gasteiger partial charge in [0.2, 0.25) is 0 Å². The van der Waals surface area contributed by atoms with E-state index in [4.69, 9.17) is 12.2 Å². The average molecular weight is 458 g/mol.